The molecule has 0 radical (unpaired) electrons. The summed E-state index contributed by atoms with van der Waals surface area (Å²) in [4.78, 5) is 22.8. The number of halogens is 1. The molecule has 3 N–H and O–H groups in total. The fourth-order valence-corrected chi connectivity index (χ4v) is 1.97. The van der Waals surface area contributed by atoms with Crippen molar-refractivity contribution in [3.05, 3.63) is 29.6 Å². The molecule has 2 amide bonds. The second-order valence-corrected chi connectivity index (χ2v) is 4.78. The summed E-state index contributed by atoms with van der Waals surface area (Å²) in [6.45, 7) is 1.62. The number of anilines is 1. The van der Waals surface area contributed by atoms with Gasteiger partial charge < -0.3 is 15.7 Å². The Labute approximate surface area is 109 Å². The van der Waals surface area contributed by atoms with Crippen molar-refractivity contribution in [1.82, 2.24) is 5.32 Å². The van der Waals surface area contributed by atoms with Crippen LogP contribution in [0, 0.1) is 12.7 Å². The lowest BCUT2D eigenvalue weighted by Crippen LogP contribution is -2.60. The van der Waals surface area contributed by atoms with Gasteiger partial charge in [0.1, 0.15) is 11.4 Å². The third-order valence-corrected chi connectivity index (χ3v) is 3.40. The Kier molecular flexibility index (Phi) is 3.42. The summed E-state index contributed by atoms with van der Waals surface area (Å²) in [7, 11) is 0. The molecule has 5 nitrogen and oxygen atoms in total. The molecule has 6 heteroatoms. The minimum Gasteiger partial charge on any atom is -0.480 e. The van der Waals surface area contributed by atoms with Crippen LogP contribution in [0.1, 0.15) is 24.8 Å². The van der Waals surface area contributed by atoms with E-state index in [-0.39, 0.29) is 0 Å². The molecule has 19 heavy (non-hydrogen) atoms. The van der Waals surface area contributed by atoms with E-state index in [9.17, 15) is 14.0 Å². The zero-order valence-electron chi connectivity index (χ0n) is 10.5. The summed E-state index contributed by atoms with van der Waals surface area (Å²) in [5.41, 5.74) is -0.403. The van der Waals surface area contributed by atoms with Gasteiger partial charge in [0.25, 0.3) is 0 Å². The monoisotopic (exact) mass is 266 g/mol. The van der Waals surface area contributed by atoms with Gasteiger partial charge in [-0.2, -0.15) is 0 Å². The lowest BCUT2D eigenvalue weighted by Gasteiger charge is -2.38. The lowest BCUT2D eigenvalue weighted by molar-refractivity contribution is -0.148. The van der Waals surface area contributed by atoms with Crippen LogP contribution in [0.4, 0.5) is 14.9 Å². The highest BCUT2D eigenvalue weighted by Crippen LogP contribution is 2.32. The predicted octanol–water partition coefficient (Wildman–Crippen LogP) is 2.26. The molecule has 0 unspecified atom stereocenters. The van der Waals surface area contributed by atoms with Crippen molar-refractivity contribution in [2.45, 2.75) is 31.7 Å². The Morgan fingerprint density at radius 2 is 2.05 bits per heavy atom. The maximum Gasteiger partial charge on any atom is 0.329 e. The molecular weight excluding hydrogens is 251 g/mol. The van der Waals surface area contributed by atoms with Crippen molar-refractivity contribution < 1.29 is 19.1 Å². The molecule has 1 fully saturated rings. The van der Waals surface area contributed by atoms with Crippen molar-refractivity contribution in [3.8, 4) is 0 Å². The Bertz CT molecular complexity index is 527. The number of benzene rings is 1. The number of carbonyl (C=O) groups is 2. The van der Waals surface area contributed by atoms with Crippen molar-refractivity contribution in [2.24, 2.45) is 0 Å². The van der Waals surface area contributed by atoms with Crippen molar-refractivity contribution in [1.29, 1.82) is 0 Å². The summed E-state index contributed by atoms with van der Waals surface area (Å²) in [5, 5.41) is 14.0. The third kappa shape index (κ3) is 2.67. The fourth-order valence-electron chi connectivity index (χ4n) is 1.97. The van der Waals surface area contributed by atoms with E-state index in [1.807, 2.05) is 0 Å². The third-order valence-electron chi connectivity index (χ3n) is 3.40. The number of carboxylic acids is 1. The van der Waals surface area contributed by atoms with Crippen molar-refractivity contribution >= 4 is 17.7 Å². The molecule has 0 aromatic heterocycles. The van der Waals surface area contributed by atoms with Crippen molar-refractivity contribution in [2.75, 3.05) is 5.32 Å². The van der Waals surface area contributed by atoms with Crippen LogP contribution in [0.5, 0.6) is 0 Å². The highest BCUT2D eigenvalue weighted by atomic mass is 19.1. The minimum absolute atomic E-state index is 0.292. The van der Waals surface area contributed by atoms with E-state index in [0.29, 0.717) is 24.1 Å². The molecule has 2 rings (SSSR count). The van der Waals surface area contributed by atoms with Gasteiger partial charge in [-0.05, 0) is 43.9 Å². The number of hydrogen-bond acceptors (Lipinski definition) is 2. The Balaban J connectivity index is 2.01. The summed E-state index contributed by atoms with van der Waals surface area (Å²) >= 11 is 0. The Morgan fingerprint density at radius 1 is 1.37 bits per heavy atom. The Morgan fingerprint density at radius 3 is 2.53 bits per heavy atom. The van der Waals surface area contributed by atoms with E-state index in [2.05, 4.69) is 10.6 Å². The van der Waals surface area contributed by atoms with Crippen molar-refractivity contribution in [3.63, 3.8) is 0 Å². The molecule has 1 aliphatic carbocycles. The molecular formula is C13H15FN2O3. The second-order valence-electron chi connectivity index (χ2n) is 4.78. The number of nitrogens with one attached hydrogen (secondary N) is 2. The molecule has 0 bridgehead atoms. The van der Waals surface area contributed by atoms with Crippen LogP contribution in [-0.4, -0.2) is 22.6 Å². The second kappa shape index (κ2) is 4.87. The van der Waals surface area contributed by atoms with E-state index < -0.39 is 23.4 Å². The maximum atomic E-state index is 13.3. The standard InChI is InChI=1S/C13H15FN2O3/c1-8-3-4-9(7-10(8)14)15-12(19)16-13(11(17)18)5-2-6-13/h3-4,7H,2,5-6H2,1H3,(H,17,18)(H2,15,16,19). The van der Waals surface area contributed by atoms with Gasteiger partial charge in [0.2, 0.25) is 0 Å². The quantitative estimate of drug-likeness (QED) is 0.785. The summed E-state index contributed by atoms with van der Waals surface area (Å²) in [6.07, 6.45) is 1.60. The summed E-state index contributed by atoms with van der Waals surface area (Å²) < 4.78 is 13.3. The molecule has 0 atom stereocenters. The molecule has 1 saturated carbocycles. The van der Waals surface area contributed by atoms with Gasteiger partial charge in [-0.15, -0.1) is 0 Å². The van der Waals surface area contributed by atoms with Gasteiger partial charge in [0, 0.05) is 5.69 Å². The molecule has 1 aromatic carbocycles. The smallest absolute Gasteiger partial charge is 0.329 e. The number of carboxylic acid groups (broad SMARTS) is 1. The SMILES string of the molecule is Cc1ccc(NC(=O)NC2(C(=O)O)CCC2)cc1F. The molecule has 1 aromatic rings. The Hall–Kier alpha value is -2.11. The van der Waals surface area contributed by atoms with Crippen LogP contribution in [0.25, 0.3) is 0 Å². The van der Waals surface area contributed by atoms with Gasteiger partial charge >= 0.3 is 12.0 Å². The van der Waals surface area contributed by atoms with Crippen LogP contribution in [0.3, 0.4) is 0 Å². The molecule has 0 spiro atoms. The first-order valence-electron chi connectivity index (χ1n) is 6.02. The molecule has 0 saturated heterocycles. The average Bonchev–Trinajstić information content (AvgIpc) is 2.28. The number of carbonyl (C=O) groups excluding carboxylic acids is 1. The van der Waals surface area contributed by atoms with E-state index in [0.717, 1.165) is 6.42 Å². The fraction of sp³-hybridized carbons (Fsp3) is 0.385. The number of hydrogen-bond donors (Lipinski definition) is 3. The average molecular weight is 266 g/mol. The van der Waals surface area contributed by atoms with Crippen LogP contribution in [-0.2, 0) is 4.79 Å². The lowest BCUT2D eigenvalue weighted by atomic mass is 9.77. The first kappa shape index (κ1) is 13.3. The van der Waals surface area contributed by atoms with Gasteiger partial charge in [0.05, 0.1) is 0 Å². The van der Waals surface area contributed by atoms with Gasteiger partial charge in [-0.3, -0.25) is 0 Å². The molecule has 0 aliphatic heterocycles. The summed E-state index contributed by atoms with van der Waals surface area (Å²) in [6, 6.07) is 3.67. The maximum absolute atomic E-state index is 13.3. The topological polar surface area (TPSA) is 78.4 Å². The summed E-state index contributed by atoms with van der Waals surface area (Å²) in [5.74, 6) is -1.46. The number of rotatable bonds is 3. The highest BCUT2D eigenvalue weighted by molar-refractivity contribution is 5.94. The zero-order valence-corrected chi connectivity index (χ0v) is 10.5. The van der Waals surface area contributed by atoms with Gasteiger partial charge in [-0.25, -0.2) is 14.0 Å². The normalized spacial score (nSPS) is 16.3. The van der Waals surface area contributed by atoms with E-state index in [1.165, 1.54) is 6.07 Å². The molecule has 0 heterocycles. The van der Waals surface area contributed by atoms with E-state index >= 15 is 0 Å². The van der Waals surface area contributed by atoms with E-state index in [1.54, 1.807) is 19.1 Å². The van der Waals surface area contributed by atoms with Crippen LogP contribution in [0.2, 0.25) is 0 Å². The molecule has 1 aliphatic rings. The van der Waals surface area contributed by atoms with Crippen LogP contribution < -0.4 is 10.6 Å². The zero-order chi connectivity index (χ0) is 14.0. The minimum atomic E-state index is -1.17. The number of aliphatic carboxylic acids is 1. The van der Waals surface area contributed by atoms with Gasteiger partial charge in [0.15, 0.2) is 0 Å². The molecule has 102 valence electrons. The van der Waals surface area contributed by atoms with Gasteiger partial charge in [-0.1, -0.05) is 6.07 Å². The number of aryl methyl sites for hydroxylation is 1. The predicted molar refractivity (Wildman–Crippen MR) is 67.5 cm³/mol. The van der Waals surface area contributed by atoms with E-state index in [4.69, 9.17) is 5.11 Å². The van der Waals surface area contributed by atoms with Crippen LogP contribution >= 0.6 is 0 Å². The van der Waals surface area contributed by atoms with Crippen LogP contribution in [0.15, 0.2) is 18.2 Å². The highest BCUT2D eigenvalue weighted by Gasteiger charge is 2.45. The first-order valence-corrected chi connectivity index (χ1v) is 6.02. The number of urea groups is 1. The largest absolute Gasteiger partial charge is 0.480 e. The number of amides is 2. The first-order chi connectivity index (χ1) is 8.93.